The van der Waals surface area contributed by atoms with Crippen molar-refractivity contribution in [2.24, 2.45) is 0 Å². The van der Waals surface area contributed by atoms with Crippen LogP contribution in [0.4, 0.5) is 0 Å². The summed E-state index contributed by atoms with van der Waals surface area (Å²) in [4.78, 5) is 5.27. The van der Waals surface area contributed by atoms with Crippen LogP contribution in [0.2, 0.25) is 0 Å². The standard InChI is InChI=1S/2C26H19S.2ClH.Zr/c2*1-18-10-12-19(13-11-18)23-9-5-8-21-16-22(17-24(21)23)26-15-14-25(27-26)20-6-3-2-4-7-20;;;/h2*2-17H,1H3;2*1H;/q2*-1;;;+4/p-2. The summed E-state index contributed by atoms with van der Waals surface area (Å²) in [5.41, 5.74) is 12.9. The van der Waals surface area contributed by atoms with E-state index in [9.17, 15) is 0 Å². The van der Waals surface area contributed by atoms with Crippen molar-refractivity contribution in [2.45, 2.75) is 13.8 Å². The van der Waals surface area contributed by atoms with Crippen LogP contribution < -0.4 is 24.8 Å². The predicted molar refractivity (Wildman–Crippen MR) is 237 cm³/mol. The number of hydrogen-bond acceptors (Lipinski definition) is 2. The van der Waals surface area contributed by atoms with Crippen LogP contribution in [0.5, 0.6) is 0 Å². The van der Waals surface area contributed by atoms with Crippen molar-refractivity contribution in [3.05, 3.63) is 205 Å². The molecule has 57 heavy (non-hydrogen) atoms. The van der Waals surface area contributed by atoms with Gasteiger partial charge in [-0.1, -0.05) is 180 Å². The monoisotopic (exact) mass is 886 g/mol. The van der Waals surface area contributed by atoms with E-state index in [0.717, 1.165) is 0 Å². The molecule has 0 nitrogen and oxygen atoms in total. The Kier molecular flexibility index (Phi) is 13.8. The summed E-state index contributed by atoms with van der Waals surface area (Å²) in [5, 5.41) is 5.26. The molecule has 0 radical (unpaired) electrons. The molecule has 8 aromatic carbocycles. The summed E-state index contributed by atoms with van der Waals surface area (Å²) in [6.07, 6.45) is 0. The Bertz CT molecular complexity index is 2630. The van der Waals surface area contributed by atoms with Gasteiger partial charge in [0.25, 0.3) is 0 Å². The average Bonchev–Trinajstić information content (AvgIpc) is 4.05. The fraction of sp³-hybridized carbons (Fsp3) is 0.0385. The fourth-order valence-corrected chi connectivity index (χ4v) is 9.22. The predicted octanol–water partition coefficient (Wildman–Crippen LogP) is 9.86. The summed E-state index contributed by atoms with van der Waals surface area (Å²) in [7, 11) is 0. The van der Waals surface area contributed by atoms with Crippen molar-refractivity contribution >= 4 is 44.2 Å². The van der Waals surface area contributed by atoms with Gasteiger partial charge in [0.05, 0.1) is 0 Å². The van der Waals surface area contributed by atoms with Gasteiger partial charge in [-0.2, -0.15) is 22.7 Å². The first-order valence-corrected chi connectivity index (χ1v) is 20.0. The van der Waals surface area contributed by atoms with Crippen LogP contribution in [0.3, 0.4) is 0 Å². The van der Waals surface area contributed by atoms with Crippen LogP contribution in [0, 0.1) is 13.8 Å². The van der Waals surface area contributed by atoms with Gasteiger partial charge < -0.3 is 24.8 Å². The number of halogens is 2. The molecule has 10 aromatic rings. The molecule has 0 unspecified atom stereocenters. The zero-order valence-corrected chi connectivity index (χ0v) is 37.2. The van der Waals surface area contributed by atoms with E-state index < -0.39 is 0 Å². The van der Waals surface area contributed by atoms with Crippen molar-refractivity contribution in [3.8, 4) is 64.0 Å². The van der Waals surface area contributed by atoms with Gasteiger partial charge in [-0.15, -0.1) is 69.1 Å². The summed E-state index contributed by atoms with van der Waals surface area (Å²) >= 11 is 3.72. The van der Waals surface area contributed by atoms with Gasteiger partial charge in [-0.3, -0.25) is 0 Å². The van der Waals surface area contributed by atoms with Crippen LogP contribution in [-0.4, -0.2) is 0 Å². The first-order valence-electron chi connectivity index (χ1n) is 18.4. The smallest absolute Gasteiger partial charge is 1.00 e. The molecule has 0 atom stereocenters. The van der Waals surface area contributed by atoms with E-state index >= 15 is 0 Å². The Morgan fingerprint density at radius 3 is 1.11 bits per heavy atom. The Morgan fingerprint density at radius 1 is 0.351 bits per heavy atom. The number of hydrogen-bond donors (Lipinski definition) is 0. The van der Waals surface area contributed by atoms with Crippen molar-refractivity contribution in [1.29, 1.82) is 0 Å². The second kappa shape index (κ2) is 18.8. The summed E-state index contributed by atoms with van der Waals surface area (Å²) in [6, 6.07) is 70.2. The fourth-order valence-electron chi connectivity index (χ4n) is 7.22. The Balaban J connectivity index is 0.000000183. The molecule has 0 aliphatic carbocycles. The molecule has 0 bridgehead atoms. The van der Waals surface area contributed by atoms with Gasteiger partial charge in [-0.05, 0) is 45.9 Å². The molecule has 5 heteroatoms. The summed E-state index contributed by atoms with van der Waals surface area (Å²) in [6.45, 7) is 4.26. The van der Waals surface area contributed by atoms with Gasteiger partial charge in [0.15, 0.2) is 0 Å². The number of benzene rings is 6. The zero-order chi connectivity index (χ0) is 36.4. The maximum Gasteiger partial charge on any atom is 4.00 e. The molecular formula is C52H38Cl2S2Zr. The quantitative estimate of drug-likeness (QED) is 0.146. The third-order valence-electron chi connectivity index (χ3n) is 10.1. The van der Waals surface area contributed by atoms with Gasteiger partial charge in [-0.25, -0.2) is 0 Å². The summed E-state index contributed by atoms with van der Waals surface area (Å²) in [5.74, 6) is 0. The Morgan fingerprint density at radius 2 is 0.719 bits per heavy atom. The second-order valence-electron chi connectivity index (χ2n) is 13.9. The van der Waals surface area contributed by atoms with E-state index in [1.807, 2.05) is 22.7 Å². The molecule has 0 aliphatic heterocycles. The minimum Gasteiger partial charge on any atom is -1.00 e. The average molecular weight is 889 g/mol. The van der Waals surface area contributed by atoms with Gasteiger partial charge in [0, 0.05) is 9.75 Å². The van der Waals surface area contributed by atoms with Crippen molar-refractivity contribution in [1.82, 2.24) is 0 Å². The molecular weight excluding hydrogens is 851 g/mol. The van der Waals surface area contributed by atoms with Crippen molar-refractivity contribution in [3.63, 3.8) is 0 Å². The third kappa shape index (κ3) is 9.10. The van der Waals surface area contributed by atoms with E-state index in [4.69, 9.17) is 0 Å². The van der Waals surface area contributed by atoms with Gasteiger partial charge in [0.2, 0.25) is 0 Å². The molecule has 276 valence electrons. The number of fused-ring (bicyclic) bond motifs is 2. The van der Waals surface area contributed by atoms with Crippen molar-refractivity contribution < 1.29 is 51.0 Å². The maximum absolute atomic E-state index is 2.34. The van der Waals surface area contributed by atoms with E-state index in [1.165, 1.54) is 96.7 Å². The van der Waals surface area contributed by atoms with E-state index in [0.29, 0.717) is 0 Å². The van der Waals surface area contributed by atoms with Crippen LogP contribution in [-0.2, 0) is 26.2 Å². The molecule has 0 amide bonds. The molecule has 0 saturated carbocycles. The third-order valence-corrected chi connectivity index (χ3v) is 12.5. The summed E-state index contributed by atoms with van der Waals surface area (Å²) < 4.78 is 0. The van der Waals surface area contributed by atoms with E-state index in [1.54, 1.807) is 0 Å². The minimum atomic E-state index is 0. The molecule has 0 N–H and O–H groups in total. The normalized spacial score (nSPS) is 10.6. The van der Waals surface area contributed by atoms with Crippen LogP contribution >= 0.6 is 22.7 Å². The van der Waals surface area contributed by atoms with Crippen LogP contribution in [0.1, 0.15) is 11.1 Å². The van der Waals surface area contributed by atoms with Gasteiger partial charge >= 0.3 is 26.2 Å². The topological polar surface area (TPSA) is 0 Å². The molecule has 2 heterocycles. The van der Waals surface area contributed by atoms with Crippen molar-refractivity contribution in [2.75, 3.05) is 0 Å². The zero-order valence-electron chi connectivity index (χ0n) is 31.5. The molecule has 0 saturated heterocycles. The van der Waals surface area contributed by atoms with Gasteiger partial charge in [0.1, 0.15) is 0 Å². The van der Waals surface area contributed by atoms with E-state index in [-0.39, 0.29) is 51.0 Å². The molecule has 0 aliphatic rings. The molecule has 0 fully saturated rings. The Hall–Kier alpha value is -4.60. The Labute approximate surface area is 375 Å². The van der Waals surface area contributed by atoms with Crippen LogP contribution in [0.15, 0.2) is 194 Å². The minimum absolute atomic E-state index is 0. The molecule has 2 aromatic heterocycles. The first kappa shape index (κ1) is 42.0. The largest absolute Gasteiger partial charge is 4.00 e. The number of thiophene rings is 2. The molecule has 0 spiro atoms. The maximum atomic E-state index is 2.34. The number of rotatable bonds is 6. The SMILES string of the molecule is Cc1ccc(-c2cccc3[cH-]c(-c4ccc(-c5ccccc5)s4)cc23)cc1.Cc1ccc(-c2cccc3[cH-]c(-c4ccc(-c5ccccc5)s4)cc23)cc1.[Cl-].[Cl-].[Zr+4]. The molecule has 10 rings (SSSR count). The second-order valence-corrected chi connectivity index (χ2v) is 16.1. The van der Waals surface area contributed by atoms with Crippen LogP contribution in [0.25, 0.3) is 85.6 Å². The number of aryl methyl sites for hydroxylation is 2. The van der Waals surface area contributed by atoms with E-state index in [2.05, 4.69) is 208 Å². The first-order chi connectivity index (χ1) is 26.6.